The van der Waals surface area contributed by atoms with Gasteiger partial charge in [-0.3, -0.25) is 14.7 Å². The van der Waals surface area contributed by atoms with Crippen molar-refractivity contribution in [2.45, 2.75) is 38.3 Å². The molecular formula is C24H24ClFN4O4S. The number of hydrogen-bond acceptors (Lipinski definition) is 8. The van der Waals surface area contributed by atoms with Crippen LogP contribution in [0.5, 0.6) is 0 Å². The number of likely N-dealkylation sites (tertiary alicyclic amines) is 1. The number of aromatic nitrogens is 1. The summed E-state index contributed by atoms with van der Waals surface area (Å²) in [5.41, 5.74) is 1.03. The van der Waals surface area contributed by atoms with Crippen LogP contribution in [0.4, 0.5) is 4.39 Å². The second-order valence-corrected chi connectivity index (χ2v) is 10.4. The summed E-state index contributed by atoms with van der Waals surface area (Å²) in [4.78, 5) is 36.3. The first-order valence-electron chi connectivity index (χ1n) is 11.4. The van der Waals surface area contributed by atoms with Gasteiger partial charge in [-0.25, -0.2) is 14.2 Å². The van der Waals surface area contributed by atoms with E-state index in [0.717, 1.165) is 12.8 Å². The fraction of sp³-hybridized carbons (Fsp3) is 0.417. The molecule has 1 aromatic heterocycles. The third kappa shape index (κ3) is 4.70. The molecule has 2 fully saturated rings. The fourth-order valence-corrected chi connectivity index (χ4v) is 5.73. The van der Waals surface area contributed by atoms with Gasteiger partial charge in [0.15, 0.2) is 10.8 Å². The number of ether oxygens (including phenoxy) is 1. The third-order valence-electron chi connectivity index (χ3n) is 6.72. The summed E-state index contributed by atoms with van der Waals surface area (Å²) in [6.07, 6.45) is 4.24. The van der Waals surface area contributed by atoms with Crippen molar-refractivity contribution in [3.8, 4) is 0 Å². The molecule has 1 spiro atoms. The second kappa shape index (κ2) is 9.33. The predicted molar refractivity (Wildman–Crippen MR) is 130 cm³/mol. The van der Waals surface area contributed by atoms with Gasteiger partial charge in [0.1, 0.15) is 11.9 Å². The van der Waals surface area contributed by atoms with E-state index in [0.29, 0.717) is 35.1 Å². The highest BCUT2D eigenvalue weighted by molar-refractivity contribution is 7.11. The SMILES string of the molecule is CCOC(=O)C1=C(c2ccc(F)cc2Cl)NC(c2nccs2)=NC1CN1CC2(CC2)C[C@H]1C(=O)O. The molecule has 2 aromatic rings. The highest BCUT2D eigenvalue weighted by Gasteiger charge is 2.54. The number of benzene rings is 1. The minimum atomic E-state index is -0.879. The Morgan fingerprint density at radius 3 is 2.83 bits per heavy atom. The molecule has 3 heterocycles. The molecule has 184 valence electrons. The van der Waals surface area contributed by atoms with E-state index < -0.39 is 29.8 Å². The Kier molecular flexibility index (Phi) is 6.37. The number of halogens is 2. The monoisotopic (exact) mass is 518 g/mol. The Balaban J connectivity index is 1.61. The maximum atomic E-state index is 13.8. The van der Waals surface area contributed by atoms with E-state index in [9.17, 15) is 19.1 Å². The van der Waals surface area contributed by atoms with Gasteiger partial charge < -0.3 is 15.2 Å². The summed E-state index contributed by atoms with van der Waals surface area (Å²) in [7, 11) is 0. The Morgan fingerprint density at radius 1 is 1.40 bits per heavy atom. The van der Waals surface area contributed by atoms with Crippen LogP contribution in [0.3, 0.4) is 0 Å². The second-order valence-electron chi connectivity index (χ2n) is 9.08. The van der Waals surface area contributed by atoms with Crippen LogP contribution in [0.1, 0.15) is 36.8 Å². The molecule has 35 heavy (non-hydrogen) atoms. The van der Waals surface area contributed by atoms with Crippen LogP contribution in [0.2, 0.25) is 5.02 Å². The maximum Gasteiger partial charge on any atom is 0.338 e. The number of nitrogens with zero attached hydrogens (tertiary/aromatic N) is 3. The summed E-state index contributed by atoms with van der Waals surface area (Å²) in [6.45, 7) is 2.70. The van der Waals surface area contributed by atoms with Crippen LogP contribution in [0, 0.1) is 11.2 Å². The van der Waals surface area contributed by atoms with Gasteiger partial charge in [0.25, 0.3) is 0 Å². The Labute approximate surface area is 210 Å². The summed E-state index contributed by atoms with van der Waals surface area (Å²) in [5, 5.41) is 15.6. The average molecular weight is 519 g/mol. The Morgan fingerprint density at radius 2 is 2.20 bits per heavy atom. The van der Waals surface area contributed by atoms with E-state index in [-0.39, 0.29) is 29.2 Å². The summed E-state index contributed by atoms with van der Waals surface area (Å²) < 4.78 is 19.2. The molecule has 1 saturated carbocycles. The molecule has 3 aliphatic rings. The van der Waals surface area contributed by atoms with E-state index >= 15 is 0 Å². The molecular weight excluding hydrogens is 495 g/mol. The lowest BCUT2D eigenvalue weighted by Crippen LogP contribution is -2.45. The average Bonchev–Trinajstić information content (AvgIpc) is 3.19. The van der Waals surface area contributed by atoms with Crippen molar-refractivity contribution in [3.63, 3.8) is 0 Å². The van der Waals surface area contributed by atoms with E-state index in [4.69, 9.17) is 21.3 Å². The van der Waals surface area contributed by atoms with Crippen LogP contribution in [0.15, 0.2) is 40.3 Å². The van der Waals surface area contributed by atoms with E-state index in [1.807, 2.05) is 4.90 Å². The van der Waals surface area contributed by atoms with Crippen molar-refractivity contribution >= 4 is 46.4 Å². The Bertz CT molecular complexity index is 1230. The lowest BCUT2D eigenvalue weighted by Gasteiger charge is -2.31. The van der Waals surface area contributed by atoms with Crippen molar-refractivity contribution in [2.24, 2.45) is 10.4 Å². The van der Waals surface area contributed by atoms with Crippen LogP contribution in [-0.2, 0) is 14.3 Å². The normalized spacial score (nSPS) is 23.2. The number of esters is 1. The van der Waals surface area contributed by atoms with Crippen LogP contribution in [0.25, 0.3) is 5.70 Å². The van der Waals surface area contributed by atoms with Crippen LogP contribution in [-0.4, -0.2) is 64.5 Å². The molecule has 1 aromatic carbocycles. The molecule has 8 nitrogen and oxygen atoms in total. The molecule has 1 saturated heterocycles. The minimum absolute atomic E-state index is 0.0364. The highest BCUT2D eigenvalue weighted by atomic mass is 35.5. The number of rotatable bonds is 7. The number of carboxylic acids is 1. The van der Waals surface area contributed by atoms with E-state index in [1.165, 1.54) is 29.5 Å². The molecule has 11 heteroatoms. The number of carbonyl (C=O) groups excluding carboxylic acids is 1. The standard InChI is InChI=1S/C24H24ClFN4O4S/c1-2-34-23(33)18-16(11-30-12-24(5-6-24)10-17(30)22(31)32)28-20(21-27-7-8-35-21)29-19(18)14-4-3-13(26)9-15(14)25/h3-4,7-9,16-17H,2,5-6,10-12H2,1H3,(H,28,29)(H,31,32)/t16?,17-/m0/s1. The van der Waals surface area contributed by atoms with Gasteiger partial charge in [-0.2, -0.15) is 0 Å². The van der Waals surface area contributed by atoms with Crippen LogP contribution >= 0.6 is 22.9 Å². The third-order valence-corrected chi connectivity index (χ3v) is 7.81. The van der Waals surface area contributed by atoms with Crippen molar-refractivity contribution in [1.29, 1.82) is 0 Å². The Hall–Kier alpha value is -2.82. The first-order chi connectivity index (χ1) is 16.8. The quantitative estimate of drug-likeness (QED) is 0.540. The van der Waals surface area contributed by atoms with E-state index in [2.05, 4.69) is 10.3 Å². The number of nitrogens with one attached hydrogen (secondary N) is 1. The zero-order valence-corrected chi connectivity index (χ0v) is 20.5. The molecule has 5 rings (SSSR count). The molecule has 2 N–H and O–H groups in total. The van der Waals surface area contributed by atoms with Gasteiger partial charge in [0.2, 0.25) is 0 Å². The minimum Gasteiger partial charge on any atom is -0.480 e. The predicted octanol–water partition coefficient (Wildman–Crippen LogP) is 3.57. The number of hydrogen-bond donors (Lipinski definition) is 2. The molecule has 2 atom stereocenters. The maximum absolute atomic E-state index is 13.8. The van der Waals surface area contributed by atoms with Gasteiger partial charge in [-0.15, -0.1) is 11.3 Å². The summed E-state index contributed by atoms with van der Waals surface area (Å²) in [5.74, 6) is -1.54. The first kappa shape index (κ1) is 23.9. The smallest absolute Gasteiger partial charge is 0.338 e. The largest absolute Gasteiger partial charge is 0.480 e. The van der Waals surface area contributed by atoms with Gasteiger partial charge in [-0.1, -0.05) is 11.6 Å². The number of aliphatic carboxylic acids is 1. The number of carboxylic acid groups (broad SMARTS) is 1. The molecule has 0 radical (unpaired) electrons. The zero-order valence-electron chi connectivity index (χ0n) is 19.0. The number of carbonyl (C=O) groups is 2. The van der Waals surface area contributed by atoms with Crippen molar-refractivity contribution in [3.05, 3.63) is 56.8 Å². The van der Waals surface area contributed by atoms with E-state index in [1.54, 1.807) is 18.5 Å². The first-order valence-corrected chi connectivity index (χ1v) is 12.6. The van der Waals surface area contributed by atoms with Gasteiger partial charge in [0, 0.05) is 30.2 Å². The number of amidine groups is 1. The summed E-state index contributed by atoms with van der Waals surface area (Å²) >= 11 is 7.77. The van der Waals surface area contributed by atoms with Gasteiger partial charge in [-0.05, 0) is 49.8 Å². The van der Waals surface area contributed by atoms with Crippen molar-refractivity contribution < 1.29 is 23.8 Å². The topological polar surface area (TPSA) is 104 Å². The molecule has 1 aliphatic carbocycles. The van der Waals surface area contributed by atoms with Crippen LogP contribution < -0.4 is 5.32 Å². The lowest BCUT2D eigenvalue weighted by molar-refractivity contribution is -0.142. The molecule has 0 bridgehead atoms. The van der Waals surface area contributed by atoms with Crippen molar-refractivity contribution in [1.82, 2.24) is 15.2 Å². The van der Waals surface area contributed by atoms with Gasteiger partial charge in [0.05, 0.1) is 28.9 Å². The van der Waals surface area contributed by atoms with Crippen molar-refractivity contribution in [2.75, 3.05) is 19.7 Å². The summed E-state index contributed by atoms with van der Waals surface area (Å²) in [6, 6.07) is 2.56. The lowest BCUT2D eigenvalue weighted by atomic mass is 9.97. The fourth-order valence-electron chi connectivity index (χ4n) is 4.88. The van der Waals surface area contributed by atoms with Gasteiger partial charge >= 0.3 is 11.9 Å². The number of aliphatic imine (C=N–C) groups is 1. The number of thiazole rings is 1. The molecule has 1 unspecified atom stereocenters. The zero-order chi connectivity index (χ0) is 24.7. The highest BCUT2D eigenvalue weighted by Crippen LogP contribution is 2.55. The molecule has 0 amide bonds. The molecule has 2 aliphatic heterocycles.